The molecule has 126 valence electrons. The van der Waals surface area contributed by atoms with Crippen molar-refractivity contribution in [2.24, 2.45) is 0 Å². The Labute approximate surface area is 149 Å². The van der Waals surface area contributed by atoms with Crippen molar-refractivity contribution in [3.63, 3.8) is 0 Å². The molecule has 25 heavy (non-hydrogen) atoms. The number of hydrogen-bond donors (Lipinski definition) is 2. The second kappa shape index (κ2) is 6.91. The second-order valence-electron chi connectivity index (χ2n) is 5.73. The molecule has 0 spiro atoms. The molecule has 0 unspecified atom stereocenters. The average molecular weight is 351 g/mol. The van der Waals surface area contributed by atoms with Crippen LogP contribution in [0, 0.1) is 13.8 Å². The lowest BCUT2D eigenvalue weighted by molar-refractivity contribution is 0.0699. The normalized spacial score (nSPS) is 10.5. The monoisotopic (exact) mass is 351 g/mol. The molecule has 0 aliphatic carbocycles. The molecule has 5 heteroatoms. The Balaban J connectivity index is 2.03. The number of thiophene rings is 1. The third-order valence-corrected chi connectivity index (χ3v) is 4.89. The SMILES string of the molecule is Cc1cccc(C(=O)Nc2sc(C)c(-c3ccccc3)c2C(=O)O)c1. The zero-order valence-corrected chi connectivity index (χ0v) is 14.7. The number of benzene rings is 2. The van der Waals surface area contributed by atoms with Crippen LogP contribution in [0.5, 0.6) is 0 Å². The van der Waals surface area contributed by atoms with Crippen molar-refractivity contribution in [1.29, 1.82) is 0 Å². The number of hydrogen-bond acceptors (Lipinski definition) is 3. The van der Waals surface area contributed by atoms with E-state index in [0.29, 0.717) is 16.1 Å². The fraction of sp³-hybridized carbons (Fsp3) is 0.100. The van der Waals surface area contributed by atoms with Gasteiger partial charge in [0.15, 0.2) is 0 Å². The number of carbonyl (C=O) groups excluding carboxylic acids is 1. The number of carboxylic acid groups (broad SMARTS) is 1. The van der Waals surface area contributed by atoms with Crippen LogP contribution in [0.1, 0.15) is 31.2 Å². The van der Waals surface area contributed by atoms with Gasteiger partial charge in [-0.2, -0.15) is 0 Å². The molecule has 1 heterocycles. The Morgan fingerprint density at radius 3 is 2.36 bits per heavy atom. The van der Waals surface area contributed by atoms with Crippen molar-refractivity contribution >= 4 is 28.2 Å². The van der Waals surface area contributed by atoms with Gasteiger partial charge in [0.1, 0.15) is 10.6 Å². The van der Waals surface area contributed by atoms with E-state index in [9.17, 15) is 14.7 Å². The summed E-state index contributed by atoms with van der Waals surface area (Å²) in [4.78, 5) is 25.2. The number of carboxylic acids is 1. The van der Waals surface area contributed by atoms with Crippen LogP contribution in [0.2, 0.25) is 0 Å². The number of amides is 1. The maximum absolute atomic E-state index is 12.5. The maximum Gasteiger partial charge on any atom is 0.339 e. The lowest BCUT2D eigenvalue weighted by Gasteiger charge is -2.07. The predicted molar refractivity (Wildman–Crippen MR) is 101 cm³/mol. The third-order valence-electron chi connectivity index (χ3n) is 3.87. The highest BCUT2D eigenvalue weighted by atomic mass is 32.1. The molecule has 0 saturated heterocycles. The van der Waals surface area contributed by atoms with Gasteiger partial charge in [-0.05, 0) is 31.5 Å². The highest BCUT2D eigenvalue weighted by Gasteiger charge is 2.24. The molecule has 3 rings (SSSR count). The van der Waals surface area contributed by atoms with E-state index < -0.39 is 5.97 Å². The van der Waals surface area contributed by atoms with Gasteiger partial charge in [-0.1, -0.05) is 48.0 Å². The standard InChI is InChI=1S/C20H17NO3S/c1-12-7-6-10-15(11-12)18(22)21-19-17(20(23)24)16(13(2)25-19)14-8-4-3-5-9-14/h3-11H,1-2H3,(H,21,22)(H,23,24). The molecule has 0 radical (unpaired) electrons. The minimum absolute atomic E-state index is 0.134. The van der Waals surface area contributed by atoms with Crippen molar-refractivity contribution in [3.8, 4) is 11.1 Å². The third kappa shape index (κ3) is 3.46. The minimum atomic E-state index is -1.05. The average Bonchev–Trinajstić information content (AvgIpc) is 2.91. The first kappa shape index (κ1) is 16.9. The van der Waals surface area contributed by atoms with Crippen LogP contribution in [0.15, 0.2) is 54.6 Å². The Morgan fingerprint density at radius 2 is 1.72 bits per heavy atom. The fourth-order valence-electron chi connectivity index (χ4n) is 2.75. The van der Waals surface area contributed by atoms with Gasteiger partial charge in [-0.15, -0.1) is 11.3 Å². The molecule has 0 atom stereocenters. The molecule has 0 aliphatic rings. The Bertz CT molecular complexity index is 945. The fourth-order valence-corrected chi connectivity index (χ4v) is 3.81. The van der Waals surface area contributed by atoms with Crippen molar-refractivity contribution in [2.45, 2.75) is 13.8 Å². The van der Waals surface area contributed by atoms with Gasteiger partial charge in [0.2, 0.25) is 0 Å². The number of carbonyl (C=O) groups is 2. The van der Waals surface area contributed by atoms with E-state index in [0.717, 1.165) is 16.0 Å². The van der Waals surface area contributed by atoms with Gasteiger partial charge in [0.25, 0.3) is 5.91 Å². The molecular weight excluding hydrogens is 334 g/mol. The number of nitrogens with one attached hydrogen (secondary N) is 1. The van der Waals surface area contributed by atoms with E-state index in [-0.39, 0.29) is 11.5 Å². The lowest BCUT2D eigenvalue weighted by atomic mass is 10.0. The molecule has 2 aromatic carbocycles. The summed E-state index contributed by atoms with van der Waals surface area (Å²) >= 11 is 1.28. The molecule has 1 aromatic heterocycles. The zero-order chi connectivity index (χ0) is 18.0. The molecular formula is C20H17NO3S. The van der Waals surface area contributed by atoms with Gasteiger partial charge in [-0.25, -0.2) is 4.79 Å². The molecule has 3 aromatic rings. The summed E-state index contributed by atoms with van der Waals surface area (Å²) in [5.41, 5.74) is 3.08. The van der Waals surface area contributed by atoms with Crippen molar-refractivity contribution in [1.82, 2.24) is 0 Å². The number of rotatable bonds is 4. The first-order chi connectivity index (χ1) is 12.0. The largest absolute Gasteiger partial charge is 0.478 e. The number of anilines is 1. The van der Waals surface area contributed by atoms with E-state index in [2.05, 4.69) is 5.32 Å². The van der Waals surface area contributed by atoms with Crippen LogP contribution in [-0.2, 0) is 0 Å². The summed E-state index contributed by atoms with van der Waals surface area (Å²) in [5, 5.41) is 12.8. The summed E-state index contributed by atoms with van der Waals surface area (Å²) in [7, 11) is 0. The second-order valence-corrected chi connectivity index (χ2v) is 6.96. The van der Waals surface area contributed by atoms with Crippen LogP contribution < -0.4 is 5.32 Å². The van der Waals surface area contributed by atoms with E-state index in [1.54, 1.807) is 18.2 Å². The summed E-state index contributed by atoms with van der Waals surface area (Å²) in [6.07, 6.45) is 0. The highest BCUT2D eigenvalue weighted by Crippen LogP contribution is 2.40. The Hall–Kier alpha value is -2.92. The van der Waals surface area contributed by atoms with Crippen LogP contribution in [0.25, 0.3) is 11.1 Å². The van der Waals surface area contributed by atoms with Gasteiger partial charge < -0.3 is 10.4 Å². The zero-order valence-electron chi connectivity index (χ0n) is 13.9. The maximum atomic E-state index is 12.5. The van der Waals surface area contributed by atoms with Crippen molar-refractivity contribution in [2.75, 3.05) is 5.32 Å². The first-order valence-corrected chi connectivity index (χ1v) is 8.59. The summed E-state index contributed by atoms with van der Waals surface area (Å²) in [6.45, 7) is 3.77. The van der Waals surface area contributed by atoms with Crippen LogP contribution in [0.3, 0.4) is 0 Å². The van der Waals surface area contributed by atoms with Crippen LogP contribution in [-0.4, -0.2) is 17.0 Å². The molecule has 2 N–H and O–H groups in total. The van der Waals surface area contributed by atoms with E-state index in [4.69, 9.17) is 0 Å². The highest BCUT2D eigenvalue weighted by molar-refractivity contribution is 7.17. The molecule has 1 amide bonds. The molecule has 0 bridgehead atoms. The molecule has 0 fully saturated rings. The van der Waals surface area contributed by atoms with Crippen molar-refractivity contribution < 1.29 is 14.7 Å². The topological polar surface area (TPSA) is 66.4 Å². The van der Waals surface area contributed by atoms with Crippen LogP contribution >= 0.6 is 11.3 Å². The first-order valence-electron chi connectivity index (χ1n) is 7.77. The van der Waals surface area contributed by atoms with Gasteiger partial charge in [0, 0.05) is 16.0 Å². The lowest BCUT2D eigenvalue weighted by Crippen LogP contribution is -2.13. The van der Waals surface area contributed by atoms with Crippen LogP contribution in [0.4, 0.5) is 5.00 Å². The summed E-state index contributed by atoms with van der Waals surface area (Å²) in [6, 6.07) is 16.5. The molecule has 4 nitrogen and oxygen atoms in total. The van der Waals surface area contributed by atoms with Gasteiger partial charge in [-0.3, -0.25) is 4.79 Å². The molecule has 0 saturated carbocycles. The van der Waals surface area contributed by atoms with E-state index >= 15 is 0 Å². The number of aryl methyl sites for hydroxylation is 2. The summed E-state index contributed by atoms with van der Waals surface area (Å²) < 4.78 is 0. The van der Waals surface area contributed by atoms with Gasteiger partial charge in [0.05, 0.1) is 0 Å². The predicted octanol–water partition coefficient (Wildman–Crippen LogP) is 4.98. The van der Waals surface area contributed by atoms with Gasteiger partial charge >= 0.3 is 5.97 Å². The van der Waals surface area contributed by atoms with E-state index in [1.807, 2.05) is 50.2 Å². The Morgan fingerprint density at radius 1 is 1.00 bits per heavy atom. The summed E-state index contributed by atoms with van der Waals surface area (Å²) in [5.74, 6) is -1.37. The van der Waals surface area contributed by atoms with Crippen molar-refractivity contribution in [3.05, 3.63) is 76.2 Å². The Kier molecular flexibility index (Phi) is 4.67. The quantitative estimate of drug-likeness (QED) is 0.696. The molecule has 0 aliphatic heterocycles. The minimum Gasteiger partial charge on any atom is -0.478 e. The van der Waals surface area contributed by atoms with E-state index in [1.165, 1.54) is 11.3 Å². The smallest absolute Gasteiger partial charge is 0.339 e. The number of aromatic carboxylic acids is 1.